The Hall–Kier alpha value is -1.82. The summed E-state index contributed by atoms with van der Waals surface area (Å²) in [4.78, 5) is 4.53. The van der Waals surface area contributed by atoms with Crippen molar-refractivity contribution in [2.75, 3.05) is 0 Å². The average molecular weight is 391 g/mol. The van der Waals surface area contributed by atoms with Gasteiger partial charge in [-0.25, -0.2) is 4.98 Å². The lowest BCUT2D eigenvalue weighted by Crippen LogP contribution is -1.98. The fourth-order valence-electron chi connectivity index (χ4n) is 1.97. The molecule has 0 fully saturated rings. The normalized spacial score (nSPS) is 10.6. The number of halogens is 1. The molecule has 2 aromatic carbocycles. The lowest BCUT2D eigenvalue weighted by molar-refractivity contribution is 0.297. The van der Waals surface area contributed by atoms with Crippen molar-refractivity contribution < 1.29 is 9.15 Å². The number of aryl methyl sites for hydroxylation is 1. The number of hydrogen-bond acceptors (Lipinski definition) is 3. The lowest BCUT2D eigenvalue weighted by Gasteiger charge is -2.06. The molecule has 3 nitrogen and oxygen atoms in total. The Morgan fingerprint density at radius 1 is 1.05 bits per heavy atom. The van der Waals surface area contributed by atoms with Gasteiger partial charge in [-0.05, 0) is 53.8 Å². The summed E-state index contributed by atoms with van der Waals surface area (Å²) < 4.78 is 12.6. The first-order valence-corrected chi connectivity index (χ1v) is 7.71. The van der Waals surface area contributed by atoms with Crippen LogP contribution in [0.15, 0.2) is 59.0 Å². The maximum Gasteiger partial charge on any atom is 0.226 e. The van der Waals surface area contributed by atoms with Crippen LogP contribution in [-0.2, 0) is 6.61 Å². The van der Waals surface area contributed by atoms with Crippen molar-refractivity contribution in [1.82, 2.24) is 4.98 Å². The van der Waals surface area contributed by atoms with E-state index in [0.29, 0.717) is 12.5 Å². The summed E-state index contributed by atoms with van der Waals surface area (Å²) in [6, 6.07) is 17.8. The van der Waals surface area contributed by atoms with Crippen molar-refractivity contribution in [3.05, 3.63) is 69.6 Å². The van der Waals surface area contributed by atoms with Crippen molar-refractivity contribution in [3.63, 3.8) is 0 Å². The van der Waals surface area contributed by atoms with Crippen LogP contribution in [0.2, 0.25) is 0 Å². The van der Waals surface area contributed by atoms with Crippen molar-refractivity contribution in [2.24, 2.45) is 0 Å². The second kappa shape index (κ2) is 6.30. The molecule has 21 heavy (non-hydrogen) atoms. The van der Waals surface area contributed by atoms with E-state index in [0.717, 1.165) is 26.3 Å². The van der Waals surface area contributed by atoms with E-state index in [-0.39, 0.29) is 0 Å². The van der Waals surface area contributed by atoms with Gasteiger partial charge in [0, 0.05) is 5.56 Å². The minimum Gasteiger partial charge on any atom is -0.486 e. The van der Waals surface area contributed by atoms with Gasteiger partial charge in [-0.3, -0.25) is 0 Å². The van der Waals surface area contributed by atoms with Gasteiger partial charge in [-0.2, -0.15) is 0 Å². The zero-order valence-electron chi connectivity index (χ0n) is 11.5. The van der Waals surface area contributed by atoms with Gasteiger partial charge in [0.25, 0.3) is 0 Å². The second-order valence-corrected chi connectivity index (χ2v) is 5.77. The lowest BCUT2D eigenvalue weighted by atomic mass is 10.2. The third-order valence-corrected chi connectivity index (χ3v) is 4.01. The fourth-order valence-corrected chi connectivity index (χ4v) is 2.52. The predicted molar refractivity (Wildman–Crippen MR) is 90.2 cm³/mol. The topological polar surface area (TPSA) is 35.3 Å². The Bertz CT molecular complexity index is 738. The van der Waals surface area contributed by atoms with Crippen LogP contribution in [-0.4, -0.2) is 4.98 Å². The monoisotopic (exact) mass is 391 g/mol. The molecule has 0 saturated heterocycles. The SMILES string of the molecule is Cc1oc(-c2ccccc2)nc1COc1ccccc1I. The molecule has 1 aromatic heterocycles. The summed E-state index contributed by atoms with van der Waals surface area (Å²) >= 11 is 2.26. The highest BCUT2D eigenvalue weighted by atomic mass is 127. The average Bonchev–Trinajstić information content (AvgIpc) is 2.89. The first-order valence-electron chi connectivity index (χ1n) is 6.63. The van der Waals surface area contributed by atoms with E-state index in [9.17, 15) is 0 Å². The summed E-state index contributed by atoms with van der Waals surface area (Å²) in [5, 5.41) is 0. The molecule has 0 aliphatic rings. The van der Waals surface area contributed by atoms with Gasteiger partial charge in [0.05, 0.1) is 3.57 Å². The fraction of sp³-hybridized carbons (Fsp3) is 0.118. The van der Waals surface area contributed by atoms with Crippen molar-refractivity contribution >= 4 is 22.6 Å². The van der Waals surface area contributed by atoms with Gasteiger partial charge in [0.15, 0.2) is 0 Å². The number of oxazole rings is 1. The molecule has 106 valence electrons. The van der Waals surface area contributed by atoms with Crippen LogP contribution in [0.25, 0.3) is 11.5 Å². The molecule has 0 N–H and O–H groups in total. The number of nitrogens with zero attached hydrogens (tertiary/aromatic N) is 1. The molecule has 0 aliphatic heterocycles. The minimum absolute atomic E-state index is 0.405. The molecule has 0 aliphatic carbocycles. The number of benzene rings is 2. The molecule has 0 spiro atoms. The molecule has 0 bridgehead atoms. The molecule has 0 atom stereocenters. The Kier molecular flexibility index (Phi) is 4.24. The van der Waals surface area contributed by atoms with Crippen molar-refractivity contribution in [3.8, 4) is 17.2 Å². The Morgan fingerprint density at radius 2 is 1.76 bits per heavy atom. The van der Waals surface area contributed by atoms with E-state index >= 15 is 0 Å². The number of rotatable bonds is 4. The third-order valence-electron chi connectivity index (χ3n) is 3.11. The largest absolute Gasteiger partial charge is 0.486 e. The van der Waals surface area contributed by atoms with Crippen molar-refractivity contribution in [2.45, 2.75) is 13.5 Å². The van der Waals surface area contributed by atoms with Gasteiger partial charge in [-0.15, -0.1) is 0 Å². The van der Waals surface area contributed by atoms with Crippen LogP contribution >= 0.6 is 22.6 Å². The molecule has 3 rings (SSSR count). The van der Waals surface area contributed by atoms with Crippen LogP contribution in [0.4, 0.5) is 0 Å². The minimum atomic E-state index is 0.405. The molecular formula is C17H14INO2. The number of aromatic nitrogens is 1. The van der Waals surface area contributed by atoms with Gasteiger partial charge in [-0.1, -0.05) is 30.3 Å². The van der Waals surface area contributed by atoms with E-state index in [1.54, 1.807) is 0 Å². The predicted octanol–water partition coefficient (Wildman–Crippen LogP) is 4.83. The van der Waals surface area contributed by atoms with Crippen LogP contribution in [0, 0.1) is 10.5 Å². The summed E-state index contributed by atoms with van der Waals surface area (Å²) in [5.41, 5.74) is 1.80. The smallest absolute Gasteiger partial charge is 0.226 e. The van der Waals surface area contributed by atoms with Gasteiger partial charge in [0.2, 0.25) is 5.89 Å². The Balaban J connectivity index is 1.78. The highest BCUT2D eigenvalue weighted by molar-refractivity contribution is 14.1. The highest BCUT2D eigenvalue weighted by Crippen LogP contribution is 2.24. The molecule has 0 radical (unpaired) electrons. The van der Waals surface area contributed by atoms with E-state index in [2.05, 4.69) is 27.6 Å². The highest BCUT2D eigenvalue weighted by Gasteiger charge is 2.12. The second-order valence-electron chi connectivity index (χ2n) is 4.61. The Labute approximate surface area is 137 Å². The standard InChI is InChI=1S/C17H14INO2/c1-12-15(11-20-16-10-6-5-9-14(16)18)19-17(21-12)13-7-3-2-4-8-13/h2-10H,11H2,1H3. The van der Waals surface area contributed by atoms with Gasteiger partial charge < -0.3 is 9.15 Å². The summed E-state index contributed by atoms with van der Waals surface area (Å²) in [6.07, 6.45) is 0. The van der Waals surface area contributed by atoms with E-state index in [1.807, 2.05) is 61.5 Å². The number of para-hydroxylation sites is 1. The molecule has 0 amide bonds. The summed E-state index contributed by atoms with van der Waals surface area (Å²) in [5.74, 6) is 2.29. The van der Waals surface area contributed by atoms with Crippen LogP contribution < -0.4 is 4.74 Å². The van der Waals surface area contributed by atoms with Crippen molar-refractivity contribution in [1.29, 1.82) is 0 Å². The third kappa shape index (κ3) is 3.26. The number of hydrogen-bond donors (Lipinski definition) is 0. The van der Waals surface area contributed by atoms with E-state index in [1.165, 1.54) is 0 Å². The van der Waals surface area contributed by atoms with Crippen LogP contribution in [0.3, 0.4) is 0 Å². The molecule has 0 saturated carbocycles. The van der Waals surface area contributed by atoms with E-state index in [4.69, 9.17) is 9.15 Å². The van der Waals surface area contributed by atoms with Gasteiger partial charge in [0.1, 0.15) is 23.8 Å². The zero-order valence-corrected chi connectivity index (χ0v) is 13.7. The molecule has 3 aromatic rings. The van der Waals surface area contributed by atoms with E-state index < -0.39 is 0 Å². The number of ether oxygens (including phenoxy) is 1. The van der Waals surface area contributed by atoms with Gasteiger partial charge >= 0.3 is 0 Å². The first kappa shape index (κ1) is 14.1. The molecule has 0 unspecified atom stereocenters. The maximum atomic E-state index is 5.82. The molecule has 1 heterocycles. The van der Waals surface area contributed by atoms with Crippen LogP contribution in [0.5, 0.6) is 5.75 Å². The summed E-state index contributed by atoms with van der Waals surface area (Å²) in [7, 11) is 0. The molecular weight excluding hydrogens is 377 g/mol. The summed E-state index contributed by atoms with van der Waals surface area (Å²) in [6.45, 7) is 2.32. The van der Waals surface area contributed by atoms with Crippen LogP contribution in [0.1, 0.15) is 11.5 Å². The maximum absolute atomic E-state index is 5.82. The molecule has 4 heteroatoms. The first-order chi connectivity index (χ1) is 10.2. The zero-order chi connectivity index (χ0) is 14.7. The Morgan fingerprint density at radius 3 is 2.52 bits per heavy atom. The quantitative estimate of drug-likeness (QED) is 0.598.